The SMILES string of the molecule is C=C/C=c1/cccc/c1=C(/C)OP(=O)(Cl)Cl. The van der Waals surface area contributed by atoms with Crippen molar-refractivity contribution in [2.75, 3.05) is 0 Å². The highest BCUT2D eigenvalue weighted by atomic mass is 35.9. The van der Waals surface area contributed by atoms with Crippen molar-refractivity contribution in [2.45, 2.75) is 6.92 Å². The van der Waals surface area contributed by atoms with Gasteiger partial charge in [-0.3, -0.25) is 0 Å². The van der Waals surface area contributed by atoms with Gasteiger partial charge in [-0.25, -0.2) is 4.57 Å². The summed E-state index contributed by atoms with van der Waals surface area (Å²) in [5.41, 5.74) is 0. The van der Waals surface area contributed by atoms with Crippen molar-refractivity contribution >= 4 is 40.4 Å². The molecular weight excluding hydrogens is 266 g/mol. The summed E-state index contributed by atoms with van der Waals surface area (Å²) < 4.78 is 16.1. The Morgan fingerprint density at radius 2 is 2.06 bits per heavy atom. The Morgan fingerprint density at radius 1 is 1.44 bits per heavy atom. The van der Waals surface area contributed by atoms with Crippen molar-refractivity contribution in [3.05, 3.63) is 47.4 Å². The smallest absolute Gasteiger partial charge is 0.426 e. The van der Waals surface area contributed by atoms with E-state index in [-0.39, 0.29) is 0 Å². The maximum absolute atomic E-state index is 11.1. The van der Waals surface area contributed by atoms with E-state index in [0.29, 0.717) is 5.76 Å². The lowest BCUT2D eigenvalue weighted by Gasteiger charge is -2.06. The van der Waals surface area contributed by atoms with E-state index in [1.807, 2.05) is 30.3 Å². The van der Waals surface area contributed by atoms with Crippen LogP contribution in [0.2, 0.25) is 0 Å². The minimum Gasteiger partial charge on any atom is -0.426 e. The molecule has 0 fully saturated rings. The summed E-state index contributed by atoms with van der Waals surface area (Å²) in [5, 5.41) is 1.68. The normalized spacial score (nSPS) is 14.6. The highest BCUT2D eigenvalue weighted by Gasteiger charge is 2.15. The summed E-state index contributed by atoms with van der Waals surface area (Å²) >= 11 is 10.7. The highest BCUT2D eigenvalue weighted by Crippen LogP contribution is 2.59. The largest absolute Gasteiger partial charge is 0.427 e. The van der Waals surface area contributed by atoms with Gasteiger partial charge in [0.05, 0.1) is 0 Å². The molecule has 0 aliphatic rings. The van der Waals surface area contributed by atoms with Gasteiger partial charge in [-0.2, -0.15) is 0 Å². The Labute approximate surface area is 104 Å². The van der Waals surface area contributed by atoms with Crippen LogP contribution in [-0.2, 0) is 9.09 Å². The van der Waals surface area contributed by atoms with E-state index in [2.05, 4.69) is 6.58 Å². The van der Waals surface area contributed by atoms with Crippen LogP contribution in [0.4, 0.5) is 0 Å². The standard InChI is InChI=1S/C11H11Cl2O2P/c1-3-6-10-7-4-5-8-11(10)9(2)15-16(12,13)14/h3-8H,1H2,2H3/b10-6-,11-9+. The van der Waals surface area contributed by atoms with Gasteiger partial charge in [-0.1, -0.05) is 43.0 Å². The van der Waals surface area contributed by atoms with E-state index >= 15 is 0 Å². The van der Waals surface area contributed by atoms with Crippen LogP contribution >= 0.6 is 28.6 Å². The number of rotatable bonds is 3. The van der Waals surface area contributed by atoms with E-state index in [1.54, 1.807) is 13.0 Å². The van der Waals surface area contributed by atoms with Crippen LogP contribution in [0.1, 0.15) is 6.92 Å². The second-order valence-electron chi connectivity index (χ2n) is 3.05. The number of hydrogen-bond donors (Lipinski definition) is 0. The minimum absolute atomic E-state index is 0.419. The minimum atomic E-state index is -3.56. The maximum atomic E-state index is 11.1. The number of halogens is 2. The second-order valence-corrected chi connectivity index (χ2v) is 7.25. The van der Waals surface area contributed by atoms with Crippen LogP contribution in [0.15, 0.2) is 36.9 Å². The molecule has 1 aromatic carbocycles. The quantitative estimate of drug-likeness (QED) is 0.792. The molecule has 0 heterocycles. The lowest BCUT2D eigenvalue weighted by Crippen LogP contribution is -2.25. The molecule has 0 aliphatic carbocycles. The predicted molar refractivity (Wildman–Crippen MR) is 69.8 cm³/mol. The molecule has 5 heteroatoms. The van der Waals surface area contributed by atoms with Crippen LogP contribution in [0.5, 0.6) is 0 Å². The molecule has 0 amide bonds. The van der Waals surface area contributed by atoms with E-state index in [0.717, 1.165) is 10.4 Å². The van der Waals surface area contributed by atoms with Gasteiger partial charge in [0.2, 0.25) is 0 Å². The Balaban J connectivity index is 3.42. The van der Waals surface area contributed by atoms with Crippen LogP contribution < -0.4 is 10.4 Å². The van der Waals surface area contributed by atoms with Crippen molar-refractivity contribution in [1.82, 2.24) is 0 Å². The summed E-state index contributed by atoms with van der Waals surface area (Å²) in [5.74, 6) is 0.419. The van der Waals surface area contributed by atoms with Crippen molar-refractivity contribution in [2.24, 2.45) is 0 Å². The molecule has 0 aromatic heterocycles. The third kappa shape index (κ3) is 4.05. The lowest BCUT2D eigenvalue weighted by atomic mass is 10.2. The first-order valence-electron chi connectivity index (χ1n) is 4.51. The van der Waals surface area contributed by atoms with Crippen LogP contribution in [0, 0.1) is 0 Å². The van der Waals surface area contributed by atoms with Crippen LogP contribution in [0.25, 0.3) is 11.8 Å². The van der Waals surface area contributed by atoms with Crippen molar-refractivity contribution in [3.63, 3.8) is 0 Å². The highest BCUT2D eigenvalue weighted by molar-refractivity contribution is 8.05. The van der Waals surface area contributed by atoms with E-state index in [1.165, 1.54) is 0 Å². The zero-order valence-corrected chi connectivity index (χ0v) is 11.1. The van der Waals surface area contributed by atoms with Crippen LogP contribution in [-0.4, -0.2) is 0 Å². The molecule has 0 saturated carbocycles. The van der Waals surface area contributed by atoms with Gasteiger partial charge >= 0.3 is 6.07 Å². The first-order chi connectivity index (χ1) is 7.44. The van der Waals surface area contributed by atoms with Gasteiger partial charge in [0, 0.05) is 27.7 Å². The summed E-state index contributed by atoms with van der Waals surface area (Å²) in [6.07, 6.45) is -0.0835. The van der Waals surface area contributed by atoms with Gasteiger partial charge in [0.1, 0.15) is 5.76 Å². The first-order valence-corrected chi connectivity index (χ1v) is 7.95. The predicted octanol–water partition coefficient (Wildman–Crippen LogP) is 3.38. The first kappa shape index (κ1) is 13.4. The fraction of sp³-hybridized carbons (Fsp3) is 0.0909. The Morgan fingerprint density at radius 3 is 2.62 bits per heavy atom. The molecule has 0 N–H and O–H groups in total. The zero-order chi connectivity index (χ0) is 12.2. The molecule has 2 nitrogen and oxygen atoms in total. The molecule has 0 saturated heterocycles. The van der Waals surface area contributed by atoms with Gasteiger partial charge < -0.3 is 4.52 Å². The van der Waals surface area contributed by atoms with Crippen molar-refractivity contribution < 1.29 is 9.09 Å². The lowest BCUT2D eigenvalue weighted by molar-refractivity contribution is 0.485. The molecule has 0 atom stereocenters. The molecule has 1 rings (SSSR count). The number of allylic oxidation sites excluding steroid dienone is 1. The molecule has 0 unspecified atom stereocenters. The Bertz CT molecular complexity index is 545. The molecule has 16 heavy (non-hydrogen) atoms. The average molecular weight is 277 g/mol. The Kier molecular flexibility index (Phi) is 4.67. The third-order valence-corrected chi connectivity index (χ3v) is 2.78. The summed E-state index contributed by atoms with van der Waals surface area (Å²) in [7, 11) is 0. The Hall–Kier alpha value is -0.690. The number of hydrogen-bond acceptors (Lipinski definition) is 2. The van der Waals surface area contributed by atoms with Crippen LogP contribution in [0.3, 0.4) is 0 Å². The second kappa shape index (κ2) is 5.58. The molecule has 1 aromatic rings. The molecule has 0 spiro atoms. The summed E-state index contributed by atoms with van der Waals surface area (Å²) in [6, 6.07) is 7.44. The molecular formula is C11H11Cl2O2P. The molecule has 0 radical (unpaired) electrons. The monoisotopic (exact) mass is 276 g/mol. The molecule has 86 valence electrons. The average Bonchev–Trinajstić information content (AvgIpc) is 2.16. The zero-order valence-electron chi connectivity index (χ0n) is 8.69. The summed E-state index contributed by atoms with van der Waals surface area (Å²) in [6.45, 7) is 5.28. The van der Waals surface area contributed by atoms with E-state index in [4.69, 9.17) is 27.0 Å². The topological polar surface area (TPSA) is 26.3 Å². The van der Waals surface area contributed by atoms with Crippen molar-refractivity contribution in [1.29, 1.82) is 0 Å². The maximum Gasteiger partial charge on any atom is 0.427 e. The molecule has 0 aliphatic heterocycles. The number of benzene rings is 1. The summed E-state index contributed by atoms with van der Waals surface area (Å²) in [4.78, 5) is 0. The van der Waals surface area contributed by atoms with Crippen molar-refractivity contribution in [3.8, 4) is 0 Å². The fourth-order valence-electron chi connectivity index (χ4n) is 1.30. The van der Waals surface area contributed by atoms with Gasteiger partial charge in [0.25, 0.3) is 0 Å². The fourth-order valence-corrected chi connectivity index (χ4v) is 2.34. The van der Waals surface area contributed by atoms with Gasteiger partial charge in [-0.05, 0) is 12.1 Å². The van der Waals surface area contributed by atoms with Gasteiger partial charge in [-0.15, -0.1) is 0 Å². The molecule has 0 bridgehead atoms. The third-order valence-electron chi connectivity index (χ3n) is 1.88. The van der Waals surface area contributed by atoms with E-state index in [9.17, 15) is 4.57 Å². The van der Waals surface area contributed by atoms with E-state index < -0.39 is 6.07 Å². The van der Waals surface area contributed by atoms with Gasteiger partial charge in [0.15, 0.2) is 0 Å².